The van der Waals surface area contributed by atoms with E-state index in [1.54, 1.807) is 40.4 Å². The molecule has 0 radical (unpaired) electrons. The maximum atomic E-state index is 16.9. The van der Waals surface area contributed by atoms with Crippen molar-refractivity contribution in [1.82, 2.24) is 44.9 Å². The fourth-order valence-corrected chi connectivity index (χ4v) is 11.0. The third-order valence-electron chi connectivity index (χ3n) is 13.6. The van der Waals surface area contributed by atoms with Gasteiger partial charge in [0.15, 0.2) is 0 Å². The van der Waals surface area contributed by atoms with E-state index < -0.39 is 61.6 Å². The van der Waals surface area contributed by atoms with E-state index >= 15 is 4.39 Å². The number of amides is 4. The molecular formula is C50H64F3N9O7S5. The zero-order valence-corrected chi connectivity index (χ0v) is 46.5. The predicted octanol–water partition coefficient (Wildman–Crippen LogP) is 9.79. The van der Waals surface area contributed by atoms with Crippen LogP contribution in [0.5, 0.6) is 5.75 Å². The number of fused-ring (bicyclic) bond motifs is 5. The van der Waals surface area contributed by atoms with Gasteiger partial charge in [0, 0.05) is 34.5 Å². The van der Waals surface area contributed by atoms with Gasteiger partial charge in [-0.15, -0.1) is 11.3 Å². The zero-order chi connectivity index (χ0) is 49.5. The van der Waals surface area contributed by atoms with E-state index in [4.69, 9.17) is 19.2 Å². The maximum absolute atomic E-state index is 16.9. The lowest BCUT2D eigenvalue weighted by Crippen LogP contribution is -2.51. The molecule has 24 heteroatoms. The number of nitrogens with one attached hydrogen (secondary N) is 4. The lowest BCUT2D eigenvalue weighted by Gasteiger charge is -2.30. The first-order chi connectivity index (χ1) is 33.7. The number of nitrogens with zero attached hydrogens (tertiary/aromatic N) is 5. The summed E-state index contributed by atoms with van der Waals surface area (Å²) in [4.78, 5) is 72.6. The number of carbonyl (C=O) groups excluding carboxylic acids is 4. The van der Waals surface area contributed by atoms with Crippen LogP contribution in [-0.4, -0.2) is 111 Å². The number of aromatic amines is 2. The van der Waals surface area contributed by atoms with Crippen molar-refractivity contribution in [2.45, 2.75) is 89.7 Å². The summed E-state index contributed by atoms with van der Waals surface area (Å²) in [5, 5.41) is 6.10. The van der Waals surface area contributed by atoms with Gasteiger partial charge in [-0.1, -0.05) is 33.8 Å². The molecule has 5 atom stereocenters. The Labute approximate surface area is 459 Å². The molecule has 1 unspecified atom stereocenters. The third kappa shape index (κ3) is 11.4. The lowest BCUT2D eigenvalue weighted by atomic mass is 10.0. The average molecular weight is 1120 g/mol. The van der Waals surface area contributed by atoms with Crippen LogP contribution in [0.3, 0.4) is 0 Å². The second-order valence-electron chi connectivity index (χ2n) is 18.7. The van der Waals surface area contributed by atoms with Crippen LogP contribution in [0.2, 0.25) is 0 Å². The van der Waals surface area contributed by atoms with Crippen LogP contribution in [-0.2, 0) is 19.1 Å². The first kappa shape index (κ1) is 59.4. The average Bonchev–Trinajstić information content (AvgIpc) is 4.21. The van der Waals surface area contributed by atoms with Gasteiger partial charge in [-0.25, -0.2) is 23.9 Å². The van der Waals surface area contributed by atoms with Gasteiger partial charge in [-0.3, -0.25) is 22.9 Å². The monoisotopic (exact) mass is 1120 g/mol. The number of alkyl halides is 2. The summed E-state index contributed by atoms with van der Waals surface area (Å²) in [7, 11) is 2.50. The molecule has 2 fully saturated rings. The summed E-state index contributed by atoms with van der Waals surface area (Å²) in [6, 6.07) is 12.0. The Kier molecular flexibility index (Phi) is 20.0. The number of methoxy groups -OCH3 is 2. The first-order valence-corrected chi connectivity index (χ1v) is 24.3. The Hall–Kier alpha value is -5.43. The molecule has 7 heterocycles. The number of imidazole rings is 2. The Balaban J connectivity index is 0.00000253. The van der Waals surface area contributed by atoms with Crippen LogP contribution in [0.1, 0.15) is 99.0 Å². The van der Waals surface area contributed by atoms with E-state index in [1.807, 2.05) is 56.5 Å². The molecule has 402 valence electrons. The van der Waals surface area contributed by atoms with Crippen LogP contribution in [0.15, 0.2) is 60.9 Å². The van der Waals surface area contributed by atoms with Crippen molar-refractivity contribution in [3.63, 3.8) is 0 Å². The fraction of sp³-hybridized carbons (Fsp3) is 0.440. The van der Waals surface area contributed by atoms with Gasteiger partial charge in [0.1, 0.15) is 35.3 Å². The minimum atomic E-state index is -0.926. The molecule has 74 heavy (non-hydrogen) atoms. The largest absolute Gasteiger partial charge is 0.464 e. The second-order valence-corrected chi connectivity index (χ2v) is 19.8. The molecule has 16 nitrogen and oxygen atoms in total. The molecule has 0 aliphatic carbocycles. The summed E-state index contributed by atoms with van der Waals surface area (Å²) in [5.41, 5.74) is 3.90. The molecule has 2 aromatic carbocycles. The number of thiophene rings is 1. The van der Waals surface area contributed by atoms with Crippen molar-refractivity contribution >= 4 is 100 Å². The summed E-state index contributed by atoms with van der Waals surface area (Å²) < 4.78 is 63.1. The summed E-state index contributed by atoms with van der Waals surface area (Å²) in [6.07, 6.45) is 3.89. The van der Waals surface area contributed by atoms with Crippen molar-refractivity contribution in [3.8, 4) is 39.5 Å². The SMILES string of the molecule is COC(=O)N[C@H](C(=O)N1CCC[C@H]1c1ncc(-c2cc(F)c3c(c2)OC(c2ccc(C(CF)CF)s2)n2c-3cc3cc(-c4cnc([C@@H]5CCCN5C(=O)[C@@H](NC(=O)OC)C(C)C)[nH]4)ccc32)[nH]1)C(C)C.S.S.S.S. The van der Waals surface area contributed by atoms with Crippen LogP contribution in [0, 0.1) is 17.7 Å². The summed E-state index contributed by atoms with van der Waals surface area (Å²) >= 11 is 1.24. The number of benzene rings is 2. The molecule has 3 aliphatic rings. The predicted molar refractivity (Wildman–Crippen MR) is 298 cm³/mol. The molecule has 0 saturated carbocycles. The Morgan fingerprint density at radius 3 is 1.81 bits per heavy atom. The number of aromatic nitrogens is 5. The topological polar surface area (TPSA) is 189 Å². The highest BCUT2D eigenvalue weighted by atomic mass is 32.1. The number of ether oxygens (including phenoxy) is 3. The van der Waals surface area contributed by atoms with Gasteiger partial charge < -0.3 is 44.6 Å². The van der Waals surface area contributed by atoms with Crippen molar-refractivity contribution in [3.05, 3.63) is 88.1 Å². The number of rotatable bonds is 14. The van der Waals surface area contributed by atoms with Crippen molar-refractivity contribution < 1.29 is 46.6 Å². The van der Waals surface area contributed by atoms with E-state index in [1.165, 1.54) is 31.6 Å². The van der Waals surface area contributed by atoms with Gasteiger partial charge in [0.25, 0.3) is 0 Å². The third-order valence-corrected chi connectivity index (χ3v) is 14.9. The number of likely N-dealkylation sites (tertiary alicyclic amines) is 2. The molecule has 2 saturated heterocycles. The fourth-order valence-electron chi connectivity index (χ4n) is 9.89. The quantitative estimate of drug-likeness (QED) is 0.0823. The highest BCUT2D eigenvalue weighted by Crippen LogP contribution is 2.49. The molecule has 0 bridgehead atoms. The molecule has 9 rings (SSSR count). The normalized spacial score (nSPS) is 17.5. The second kappa shape index (κ2) is 24.9. The molecular weight excluding hydrogens is 1060 g/mol. The lowest BCUT2D eigenvalue weighted by molar-refractivity contribution is -0.136. The standard InChI is InChI=1S/C50H56F3N9O7S.4H2S/c1-25(2)42(58-49(65)67-5)46(63)60-15-7-9-35(60)44-54-23-32(56-44)27-11-12-34-29(17-27)19-37-41-31(53)18-28(20-38(41)69-48(62(34)37)40-14-13-39(70-40)30(21-51)22-52)33-24-55-45(57-33)36-10-8-16-61(36)47(64)43(26(3)4)59-50(66)68-6;;;;/h11-14,17-20,23-26,30,35-36,42-43,48H,7-10,15-16,21-22H2,1-6H3,(H,54,56)(H,55,57)(H,58,65)(H,59,66);4*1H2/t35-,36-,42-,43-,48?;;;;/m0..../s1. The van der Waals surface area contributed by atoms with Crippen molar-refractivity contribution in [2.24, 2.45) is 11.8 Å². The summed E-state index contributed by atoms with van der Waals surface area (Å²) in [5.74, 6) is -0.979. The number of carbonyl (C=O) groups is 4. The van der Waals surface area contributed by atoms with Crippen molar-refractivity contribution in [2.75, 3.05) is 40.7 Å². The number of hydrogen-bond acceptors (Lipinski definition) is 10. The first-order valence-electron chi connectivity index (χ1n) is 23.5. The van der Waals surface area contributed by atoms with E-state index in [0.29, 0.717) is 70.0 Å². The van der Waals surface area contributed by atoms with E-state index in [2.05, 4.69) is 25.6 Å². The maximum Gasteiger partial charge on any atom is 0.407 e. The van der Waals surface area contributed by atoms with Crippen LogP contribution in [0.25, 0.3) is 44.7 Å². The molecule has 3 aliphatic heterocycles. The molecule has 0 spiro atoms. The number of H-pyrrole nitrogens is 2. The molecule has 4 aromatic heterocycles. The minimum absolute atomic E-state index is 0. The van der Waals surface area contributed by atoms with Gasteiger partial charge in [0.2, 0.25) is 18.0 Å². The van der Waals surface area contributed by atoms with Gasteiger partial charge in [-0.05, 0) is 80.0 Å². The van der Waals surface area contributed by atoms with E-state index in [9.17, 15) is 28.0 Å². The highest BCUT2D eigenvalue weighted by Gasteiger charge is 2.40. The highest BCUT2D eigenvalue weighted by molar-refractivity contribution is 7.59. The van der Waals surface area contributed by atoms with Crippen LogP contribution in [0.4, 0.5) is 22.8 Å². The zero-order valence-electron chi connectivity index (χ0n) is 41.7. The molecule has 4 amide bonds. The van der Waals surface area contributed by atoms with Gasteiger partial charge in [-0.2, -0.15) is 54.0 Å². The Bertz CT molecular complexity index is 2940. The van der Waals surface area contributed by atoms with Gasteiger partial charge >= 0.3 is 12.2 Å². The summed E-state index contributed by atoms with van der Waals surface area (Å²) in [6.45, 7) is 6.66. The van der Waals surface area contributed by atoms with Gasteiger partial charge in [0.05, 0.1) is 91.0 Å². The van der Waals surface area contributed by atoms with Crippen LogP contribution >= 0.6 is 65.3 Å². The Morgan fingerprint density at radius 2 is 1.30 bits per heavy atom. The molecule has 6 aromatic rings. The van der Waals surface area contributed by atoms with Crippen LogP contribution < -0.4 is 15.4 Å². The minimum Gasteiger partial charge on any atom is -0.464 e. The van der Waals surface area contributed by atoms with E-state index in [-0.39, 0.29) is 95.0 Å². The smallest absolute Gasteiger partial charge is 0.407 e. The van der Waals surface area contributed by atoms with Crippen molar-refractivity contribution in [1.29, 1.82) is 0 Å². The molecule has 4 N–H and O–H groups in total. The van der Waals surface area contributed by atoms with E-state index in [0.717, 1.165) is 29.3 Å². The number of halogens is 3. The Morgan fingerprint density at radius 1 is 0.757 bits per heavy atom. The number of alkyl carbamates (subject to hydrolysis) is 2. The number of hydrogen-bond donors (Lipinski definition) is 4.